The highest BCUT2D eigenvalue weighted by Crippen LogP contribution is 2.35. The van der Waals surface area contributed by atoms with Crippen molar-refractivity contribution in [2.75, 3.05) is 44.2 Å². The van der Waals surface area contributed by atoms with Gasteiger partial charge in [-0.2, -0.15) is 0 Å². The highest BCUT2D eigenvalue weighted by Gasteiger charge is 2.40. The summed E-state index contributed by atoms with van der Waals surface area (Å²) in [5, 5.41) is 0. The molecule has 0 radical (unpaired) electrons. The van der Waals surface area contributed by atoms with Crippen LogP contribution in [0.1, 0.15) is 58.9 Å². The van der Waals surface area contributed by atoms with Crippen molar-refractivity contribution in [2.24, 2.45) is 11.8 Å². The molecule has 0 spiro atoms. The van der Waals surface area contributed by atoms with Crippen LogP contribution in [0.4, 0.5) is 10.1 Å². The summed E-state index contributed by atoms with van der Waals surface area (Å²) < 4.78 is 18.8. The van der Waals surface area contributed by atoms with E-state index >= 15 is 0 Å². The molecule has 206 valence electrons. The van der Waals surface area contributed by atoms with Gasteiger partial charge in [0.2, 0.25) is 5.91 Å². The number of likely N-dealkylation sites (tertiary alicyclic amines) is 1. The predicted octanol–water partition coefficient (Wildman–Crippen LogP) is 3.68. The Kier molecular flexibility index (Phi) is 7.95. The molecule has 2 aromatic carbocycles. The third-order valence-corrected chi connectivity index (χ3v) is 7.95. The third-order valence-electron chi connectivity index (χ3n) is 7.95. The number of esters is 1. The van der Waals surface area contributed by atoms with Gasteiger partial charge in [0.05, 0.1) is 35.3 Å². The van der Waals surface area contributed by atoms with Gasteiger partial charge in [-0.25, -0.2) is 4.39 Å². The summed E-state index contributed by atoms with van der Waals surface area (Å²) >= 11 is 0. The van der Waals surface area contributed by atoms with Crippen LogP contribution in [0.5, 0.6) is 0 Å². The summed E-state index contributed by atoms with van der Waals surface area (Å²) in [4.78, 5) is 57.4. The number of anilines is 1. The minimum atomic E-state index is -0.358. The van der Waals surface area contributed by atoms with Crippen molar-refractivity contribution in [1.29, 1.82) is 0 Å². The Labute approximate surface area is 227 Å². The van der Waals surface area contributed by atoms with E-state index in [9.17, 15) is 23.6 Å². The van der Waals surface area contributed by atoms with Gasteiger partial charge >= 0.3 is 5.97 Å². The van der Waals surface area contributed by atoms with Gasteiger partial charge in [-0.05, 0) is 68.9 Å². The van der Waals surface area contributed by atoms with E-state index in [1.54, 1.807) is 36.1 Å². The van der Waals surface area contributed by atoms with Gasteiger partial charge in [0.15, 0.2) is 0 Å². The average molecular weight is 536 g/mol. The number of halogens is 1. The summed E-state index contributed by atoms with van der Waals surface area (Å²) in [6, 6.07) is 11.4. The largest absolute Gasteiger partial charge is 0.466 e. The van der Waals surface area contributed by atoms with E-state index in [0.717, 1.165) is 25.7 Å². The summed E-state index contributed by atoms with van der Waals surface area (Å²) in [7, 11) is 0. The summed E-state index contributed by atoms with van der Waals surface area (Å²) in [5.41, 5.74) is 2.11. The molecule has 0 saturated carbocycles. The second kappa shape index (κ2) is 11.6. The Morgan fingerprint density at radius 1 is 0.974 bits per heavy atom. The summed E-state index contributed by atoms with van der Waals surface area (Å²) in [6.07, 6.45) is 3.36. The second-order valence-electron chi connectivity index (χ2n) is 10.5. The van der Waals surface area contributed by atoms with Crippen LogP contribution in [0.25, 0.3) is 0 Å². The van der Waals surface area contributed by atoms with Crippen LogP contribution < -0.4 is 4.90 Å². The molecule has 2 fully saturated rings. The Bertz CT molecular complexity index is 1280. The van der Waals surface area contributed by atoms with E-state index in [1.165, 1.54) is 17.0 Å². The minimum absolute atomic E-state index is 0.0281. The molecule has 0 bridgehead atoms. The fraction of sp³-hybridized carbons (Fsp3) is 0.467. The molecule has 0 aromatic heterocycles. The average Bonchev–Trinajstić information content (AvgIpc) is 3.20. The lowest BCUT2D eigenvalue weighted by molar-refractivity contribution is -0.152. The molecule has 2 saturated heterocycles. The van der Waals surface area contributed by atoms with Crippen LogP contribution in [-0.4, -0.2) is 72.8 Å². The number of carbonyl (C=O) groups excluding carboxylic acids is 4. The lowest BCUT2D eigenvalue weighted by Crippen LogP contribution is -2.49. The molecule has 3 heterocycles. The van der Waals surface area contributed by atoms with Crippen LogP contribution in [0.2, 0.25) is 0 Å². The number of rotatable bonds is 7. The normalized spacial score (nSPS) is 21.2. The lowest BCUT2D eigenvalue weighted by atomic mass is 9.92. The Morgan fingerprint density at radius 3 is 2.54 bits per heavy atom. The number of piperidine rings is 2. The first kappa shape index (κ1) is 26.8. The minimum Gasteiger partial charge on any atom is -0.466 e. The zero-order valence-corrected chi connectivity index (χ0v) is 22.2. The predicted molar refractivity (Wildman–Crippen MR) is 143 cm³/mol. The van der Waals surface area contributed by atoms with Gasteiger partial charge in [-0.15, -0.1) is 0 Å². The quantitative estimate of drug-likeness (QED) is 0.397. The third kappa shape index (κ3) is 5.53. The number of imide groups is 1. The molecule has 0 unspecified atom stereocenters. The molecular formula is C30H34FN3O5. The van der Waals surface area contributed by atoms with Crippen molar-refractivity contribution in [1.82, 2.24) is 9.80 Å². The molecular weight excluding hydrogens is 501 g/mol. The Morgan fingerprint density at radius 2 is 1.74 bits per heavy atom. The number of fused-ring (bicyclic) bond motifs is 1. The van der Waals surface area contributed by atoms with E-state index in [2.05, 4.69) is 0 Å². The number of hydrogen-bond donors (Lipinski definition) is 0. The molecule has 39 heavy (non-hydrogen) atoms. The van der Waals surface area contributed by atoms with E-state index < -0.39 is 0 Å². The number of amides is 3. The van der Waals surface area contributed by atoms with Crippen LogP contribution in [0, 0.1) is 17.7 Å². The number of benzene rings is 2. The van der Waals surface area contributed by atoms with Crippen molar-refractivity contribution in [3.63, 3.8) is 0 Å². The molecule has 2 atom stereocenters. The molecule has 2 aromatic rings. The molecule has 9 heteroatoms. The molecule has 0 N–H and O–H groups in total. The van der Waals surface area contributed by atoms with E-state index in [4.69, 9.17) is 4.74 Å². The first-order chi connectivity index (χ1) is 18.9. The first-order valence-electron chi connectivity index (χ1n) is 13.8. The Hall–Kier alpha value is -3.75. The van der Waals surface area contributed by atoms with Gasteiger partial charge in [-0.3, -0.25) is 24.1 Å². The van der Waals surface area contributed by atoms with Gasteiger partial charge in [0.1, 0.15) is 5.82 Å². The van der Waals surface area contributed by atoms with Gasteiger partial charge in [-0.1, -0.05) is 18.2 Å². The highest BCUT2D eigenvalue weighted by molar-refractivity contribution is 6.23. The maximum Gasteiger partial charge on any atom is 0.310 e. The number of ether oxygens (including phenoxy) is 1. The monoisotopic (exact) mass is 535 g/mol. The number of hydrogen-bond acceptors (Lipinski definition) is 6. The smallest absolute Gasteiger partial charge is 0.310 e. The molecule has 5 rings (SSSR count). The fourth-order valence-corrected chi connectivity index (χ4v) is 6.00. The van der Waals surface area contributed by atoms with Crippen LogP contribution in [0.3, 0.4) is 0 Å². The van der Waals surface area contributed by atoms with E-state index in [1.807, 2.05) is 11.0 Å². The van der Waals surface area contributed by atoms with Crippen molar-refractivity contribution < 1.29 is 28.3 Å². The van der Waals surface area contributed by atoms with Crippen LogP contribution in [-0.2, 0) is 20.7 Å². The van der Waals surface area contributed by atoms with E-state index in [0.29, 0.717) is 61.6 Å². The number of nitrogens with zero attached hydrogens (tertiary/aromatic N) is 3. The molecule has 0 aliphatic carbocycles. The fourth-order valence-electron chi connectivity index (χ4n) is 6.00. The molecule has 3 amide bonds. The van der Waals surface area contributed by atoms with Crippen molar-refractivity contribution in [2.45, 2.75) is 39.0 Å². The van der Waals surface area contributed by atoms with Crippen molar-refractivity contribution in [3.8, 4) is 0 Å². The lowest BCUT2D eigenvalue weighted by Gasteiger charge is -2.39. The van der Waals surface area contributed by atoms with Gasteiger partial charge in [0.25, 0.3) is 11.8 Å². The van der Waals surface area contributed by atoms with Gasteiger partial charge < -0.3 is 14.5 Å². The molecule has 8 nitrogen and oxygen atoms in total. The van der Waals surface area contributed by atoms with Crippen LogP contribution >= 0.6 is 0 Å². The van der Waals surface area contributed by atoms with Gasteiger partial charge in [0, 0.05) is 32.7 Å². The van der Waals surface area contributed by atoms with Crippen LogP contribution in [0.15, 0.2) is 42.5 Å². The summed E-state index contributed by atoms with van der Waals surface area (Å²) in [5.74, 6) is -1.83. The van der Waals surface area contributed by atoms with E-state index in [-0.39, 0.29) is 47.9 Å². The molecule has 3 aliphatic heterocycles. The van der Waals surface area contributed by atoms with Crippen molar-refractivity contribution in [3.05, 3.63) is 65.0 Å². The SMILES string of the molecule is CCOC(=O)[C@H]1CCCN(C(=O)[C@@H]2CCCN(c3cccc4c3C(=O)N(CCc3cccc(F)c3)C4=O)C2)C1. The maximum atomic E-state index is 13.6. The standard InChI is InChI=1S/C30H34FN3O5/c1-2-39-30(38)22-9-6-15-33(19-22)27(35)21-8-5-14-32(18-21)25-12-4-11-24-26(25)29(37)34(28(24)36)16-13-20-7-3-10-23(31)17-20/h3-4,7,10-12,17,21-22H,2,5-6,8-9,13-16,18-19H2,1H3/t21-,22+/m1/s1. The zero-order chi connectivity index (χ0) is 27.5. The first-order valence-corrected chi connectivity index (χ1v) is 13.8. The highest BCUT2D eigenvalue weighted by atomic mass is 19.1. The zero-order valence-electron chi connectivity index (χ0n) is 22.2. The van der Waals surface area contributed by atoms with Crippen molar-refractivity contribution >= 4 is 29.4 Å². The summed E-state index contributed by atoms with van der Waals surface area (Å²) in [6.45, 7) is 4.39. The Balaban J connectivity index is 1.29. The maximum absolute atomic E-state index is 13.6. The number of carbonyl (C=O) groups is 4. The molecule has 3 aliphatic rings. The topological polar surface area (TPSA) is 87.2 Å². The second-order valence-corrected chi connectivity index (χ2v) is 10.5.